The monoisotopic (exact) mass is 365 g/mol. The maximum absolute atomic E-state index is 12.7. The van der Waals surface area contributed by atoms with Gasteiger partial charge in [-0.25, -0.2) is 12.7 Å². The third kappa shape index (κ3) is 3.56. The van der Waals surface area contributed by atoms with Crippen molar-refractivity contribution in [1.82, 2.24) is 14.2 Å². The first-order valence-corrected chi connectivity index (χ1v) is 9.74. The summed E-state index contributed by atoms with van der Waals surface area (Å²) in [5, 5.41) is 3.93. The number of hydrogen-bond donors (Lipinski definition) is 1. The van der Waals surface area contributed by atoms with E-state index in [0.717, 1.165) is 10.9 Å². The van der Waals surface area contributed by atoms with Crippen molar-refractivity contribution in [2.24, 2.45) is 13.0 Å². The normalized spacial score (nSPS) is 21.1. The molecule has 1 aromatic heterocycles. The van der Waals surface area contributed by atoms with E-state index < -0.39 is 10.0 Å². The summed E-state index contributed by atoms with van der Waals surface area (Å²) < 4.78 is 32.7. The lowest BCUT2D eigenvalue weighted by molar-refractivity contribution is 0.0918. The fourth-order valence-electron chi connectivity index (χ4n) is 3.09. The number of para-hydroxylation sites is 1. The second-order valence-corrected chi connectivity index (χ2v) is 8.81. The van der Waals surface area contributed by atoms with Crippen molar-refractivity contribution in [3.8, 4) is 0 Å². The summed E-state index contributed by atoms with van der Waals surface area (Å²) in [4.78, 5) is 12.7. The first kappa shape index (κ1) is 17.9. The average molecular weight is 365 g/mol. The molecule has 2 heterocycles. The summed E-state index contributed by atoms with van der Waals surface area (Å²) >= 11 is 0. The standard InChI is InChI=1S/C17H23N3O4S/c1-19(2)25(22,23)11-13-9-24-10-14(13)18-17(21)16-8-12-6-4-5-7-15(12)20(16)3/h4-8,13-14H,9-11H2,1-3H3,(H,18,21). The van der Waals surface area contributed by atoms with Crippen molar-refractivity contribution < 1.29 is 17.9 Å². The zero-order valence-electron chi connectivity index (χ0n) is 14.6. The highest BCUT2D eigenvalue weighted by Crippen LogP contribution is 2.21. The number of ether oxygens (including phenoxy) is 1. The van der Waals surface area contributed by atoms with E-state index in [9.17, 15) is 13.2 Å². The van der Waals surface area contributed by atoms with Gasteiger partial charge in [0.05, 0.1) is 25.0 Å². The number of rotatable bonds is 5. The molecule has 0 aliphatic carbocycles. The van der Waals surface area contributed by atoms with Crippen molar-refractivity contribution in [3.05, 3.63) is 36.0 Å². The molecule has 1 aliphatic rings. The number of nitrogens with one attached hydrogen (secondary N) is 1. The molecule has 1 amide bonds. The zero-order chi connectivity index (χ0) is 18.2. The van der Waals surface area contributed by atoms with Crippen LogP contribution in [0.4, 0.5) is 0 Å². The van der Waals surface area contributed by atoms with Crippen LogP contribution >= 0.6 is 0 Å². The van der Waals surface area contributed by atoms with E-state index in [1.807, 2.05) is 41.9 Å². The average Bonchev–Trinajstić information content (AvgIpc) is 3.12. The van der Waals surface area contributed by atoms with Crippen LogP contribution in [0.5, 0.6) is 0 Å². The van der Waals surface area contributed by atoms with Gasteiger partial charge in [0.1, 0.15) is 5.69 Å². The Bertz CT molecular complexity index is 888. The van der Waals surface area contributed by atoms with Gasteiger partial charge >= 0.3 is 0 Å². The van der Waals surface area contributed by atoms with E-state index in [4.69, 9.17) is 4.74 Å². The smallest absolute Gasteiger partial charge is 0.268 e. The molecule has 1 N–H and O–H groups in total. The number of amides is 1. The van der Waals surface area contributed by atoms with Crippen molar-refractivity contribution in [2.45, 2.75) is 6.04 Å². The molecule has 1 fully saturated rings. The molecule has 2 aromatic rings. The van der Waals surface area contributed by atoms with Gasteiger partial charge in [0.25, 0.3) is 5.91 Å². The maximum Gasteiger partial charge on any atom is 0.268 e. The molecule has 25 heavy (non-hydrogen) atoms. The SMILES string of the molecule is CN(C)S(=O)(=O)CC1COCC1NC(=O)c1cc2ccccc2n1C. The minimum atomic E-state index is -3.35. The molecule has 0 bridgehead atoms. The quantitative estimate of drug-likeness (QED) is 0.850. The molecule has 1 aliphatic heterocycles. The van der Waals surface area contributed by atoms with Crippen LogP contribution in [0.1, 0.15) is 10.5 Å². The Balaban J connectivity index is 1.76. The van der Waals surface area contributed by atoms with Gasteiger partial charge in [-0.3, -0.25) is 4.79 Å². The molecule has 8 heteroatoms. The summed E-state index contributed by atoms with van der Waals surface area (Å²) in [7, 11) is 1.51. The Labute approximate surface area is 147 Å². The number of aromatic nitrogens is 1. The van der Waals surface area contributed by atoms with Crippen LogP contribution in [0.2, 0.25) is 0 Å². The Morgan fingerprint density at radius 3 is 2.72 bits per heavy atom. The van der Waals surface area contributed by atoms with E-state index >= 15 is 0 Å². The minimum Gasteiger partial charge on any atom is -0.379 e. The van der Waals surface area contributed by atoms with Gasteiger partial charge in [-0.2, -0.15) is 0 Å². The van der Waals surface area contributed by atoms with Gasteiger partial charge in [-0.1, -0.05) is 18.2 Å². The number of benzene rings is 1. The van der Waals surface area contributed by atoms with E-state index in [0.29, 0.717) is 18.9 Å². The molecule has 136 valence electrons. The Morgan fingerprint density at radius 2 is 2.04 bits per heavy atom. The highest BCUT2D eigenvalue weighted by atomic mass is 32.2. The van der Waals surface area contributed by atoms with Crippen LogP contribution < -0.4 is 5.32 Å². The van der Waals surface area contributed by atoms with Crippen LogP contribution in [0.25, 0.3) is 10.9 Å². The number of sulfonamides is 1. The molecule has 3 rings (SSSR count). The third-order valence-corrected chi connectivity index (χ3v) is 6.64. The number of hydrogen-bond acceptors (Lipinski definition) is 4. The van der Waals surface area contributed by atoms with E-state index in [-0.39, 0.29) is 23.6 Å². The van der Waals surface area contributed by atoms with Gasteiger partial charge in [-0.05, 0) is 12.1 Å². The maximum atomic E-state index is 12.7. The fourth-order valence-corrected chi connectivity index (χ4v) is 4.26. The van der Waals surface area contributed by atoms with Gasteiger partial charge in [0.15, 0.2) is 0 Å². The second kappa shape index (κ2) is 6.78. The van der Waals surface area contributed by atoms with E-state index in [1.54, 1.807) is 0 Å². The lowest BCUT2D eigenvalue weighted by Crippen LogP contribution is -2.44. The second-order valence-electron chi connectivity index (χ2n) is 6.59. The Kier molecular flexibility index (Phi) is 4.86. The van der Waals surface area contributed by atoms with Crippen LogP contribution in [-0.2, 0) is 21.8 Å². The number of aryl methyl sites for hydroxylation is 1. The molecule has 0 radical (unpaired) electrons. The third-order valence-electron chi connectivity index (χ3n) is 4.68. The lowest BCUT2D eigenvalue weighted by atomic mass is 10.1. The summed E-state index contributed by atoms with van der Waals surface area (Å²) in [6.07, 6.45) is 0. The number of carbonyl (C=O) groups is 1. The molecular weight excluding hydrogens is 342 g/mol. The van der Waals surface area contributed by atoms with Crippen molar-refractivity contribution >= 4 is 26.8 Å². The van der Waals surface area contributed by atoms with Gasteiger partial charge < -0.3 is 14.6 Å². The molecule has 2 atom stereocenters. The fraction of sp³-hybridized carbons (Fsp3) is 0.471. The topological polar surface area (TPSA) is 80.6 Å². The molecule has 1 saturated heterocycles. The highest BCUT2D eigenvalue weighted by Gasteiger charge is 2.34. The molecular formula is C17H23N3O4S. The summed E-state index contributed by atoms with van der Waals surface area (Å²) in [6, 6.07) is 9.29. The van der Waals surface area contributed by atoms with Gasteiger partial charge in [0.2, 0.25) is 10.0 Å². The van der Waals surface area contributed by atoms with Crippen molar-refractivity contribution in [2.75, 3.05) is 33.1 Å². The predicted molar refractivity (Wildman–Crippen MR) is 96.0 cm³/mol. The van der Waals surface area contributed by atoms with E-state index in [1.165, 1.54) is 18.4 Å². The lowest BCUT2D eigenvalue weighted by Gasteiger charge is -2.21. The van der Waals surface area contributed by atoms with Crippen LogP contribution in [0.3, 0.4) is 0 Å². The molecule has 0 saturated carbocycles. The molecule has 0 spiro atoms. The molecule has 2 unspecified atom stereocenters. The van der Waals surface area contributed by atoms with Gasteiger partial charge in [-0.15, -0.1) is 0 Å². The predicted octanol–water partition coefficient (Wildman–Crippen LogP) is 0.815. The minimum absolute atomic E-state index is 0.0416. The largest absolute Gasteiger partial charge is 0.379 e. The first-order chi connectivity index (χ1) is 11.8. The van der Waals surface area contributed by atoms with Crippen LogP contribution in [0.15, 0.2) is 30.3 Å². The zero-order valence-corrected chi connectivity index (χ0v) is 15.4. The summed E-state index contributed by atoms with van der Waals surface area (Å²) in [5.41, 5.74) is 1.52. The van der Waals surface area contributed by atoms with E-state index in [2.05, 4.69) is 5.32 Å². The number of carbonyl (C=O) groups excluding carboxylic acids is 1. The highest BCUT2D eigenvalue weighted by molar-refractivity contribution is 7.89. The molecule has 1 aromatic carbocycles. The number of fused-ring (bicyclic) bond motifs is 1. The van der Waals surface area contributed by atoms with Crippen molar-refractivity contribution in [1.29, 1.82) is 0 Å². The van der Waals surface area contributed by atoms with Crippen LogP contribution in [0, 0.1) is 5.92 Å². The summed E-state index contributed by atoms with van der Waals surface area (Å²) in [6.45, 7) is 0.649. The summed E-state index contributed by atoms with van der Waals surface area (Å²) in [5.74, 6) is -0.521. The Morgan fingerprint density at radius 1 is 1.32 bits per heavy atom. The Hall–Kier alpha value is -1.90. The molecule has 7 nitrogen and oxygen atoms in total. The first-order valence-electron chi connectivity index (χ1n) is 8.13. The van der Waals surface area contributed by atoms with Gasteiger partial charge in [0, 0.05) is 38.0 Å². The van der Waals surface area contributed by atoms with Crippen molar-refractivity contribution in [3.63, 3.8) is 0 Å². The van der Waals surface area contributed by atoms with Crippen LogP contribution in [-0.4, -0.2) is 62.3 Å². The number of nitrogens with zero attached hydrogens (tertiary/aromatic N) is 2.